The molecule has 6 rings (SSSR count). The molecule has 34 heavy (non-hydrogen) atoms. The Morgan fingerprint density at radius 3 is 2.97 bits per heavy atom. The van der Waals surface area contributed by atoms with E-state index in [0.717, 1.165) is 57.2 Å². The molecule has 3 aromatic heterocycles. The molecule has 1 aliphatic heterocycles. The van der Waals surface area contributed by atoms with Crippen molar-refractivity contribution in [3.63, 3.8) is 0 Å². The van der Waals surface area contributed by atoms with Crippen molar-refractivity contribution in [3.05, 3.63) is 59.2 Å². The highest BCUT2D eigenvalue weighted by molar-refractivity contribution is 7.14. The van der Waals surface area contributed by atoms with Gasteiger partial charge in [-0.2, -0.15) is 0 Å². The zero-order valence-electron chi connectivity index (χ0n) is 19.0. The summed E-state index contributed by atoms with van der Waals surface area (Å²) in [5.41, 5.74) is 7.18. The van der Waals surface area contributed by atoms with Crippen molar-refractivity contribution in [2.75, 3.05) is 24.5 Å². The minimum atomic E-state index is 0.0618. The molecule has 1 N–H and O–H groups in total. The molecule has 2 aromatic carbocycles. The lowest BCUT2D eigenvalue weighted by molar-refractivity contribution is -0.132. The normalized spacial score (nSPS) is 16.6. The molecule has 1 aliphatic rings. The Kier molecular flexibility index (Phi) is 5.06. The summed E-state index contributed by atoms with van der Waals surface area (Å²) in [7, 11) is 0. The summed E-state index contributed by atoms with van der Waals surface area (Å²) in [5.74, 6) is 0.850. The first-order chi connectivity index (χ1) is 16.6. The number of hydrogen-bond acceptors (Lipinski definition) is 7. The number of carbonyl (C=O) groups excluding carboxylic acids is 1. The maximum Gasteiger partial charge on any atom is 0.229 e. The molecule has 1 amide bonds. The minimum Gasteiger partial charge on any atom is -0.358 e. The van der Waals surface area contributed by atoms with Gasteiger partial charge < -0.3 is 19.3 Å². The average molecular weight is 473 g/mol. The van der Waals surface area contributed by atoms with Gasteiger partial charge in [0, 0.05) is 31.1 Å². The lowest BCUT2D eigenvalue weighted by Crippen LogP contribution is -2.54. The van der Waals surface area contributed by atoms with Crippen molar-refractivity contribution in [2.45, 2.75) is 26.3 Å². The number of thiazole rings is 1. The Hall–Kier alpha value is -3.72. The lowest BCUT2D eigenvalue weighted by atomic mass is 10.1. The molecule has 4 heterocycles. The van der Waals surface area contributed by atoms with Gasteiger partial charge in [-0.3, -0.25) is 4.79 Å². The predicted octanol–water partition coefficient (Wildman–Crippen LogP) is 4.42. The molecule has 0 aliphatic carbocycles. The first-order valence-corrected chi connectivity index (χ1v) is 12.2. The second-order valence-electron chi connectivity index (χ2n) is 8.80. The van der Waals surface area contributed by atoms with Crippen molar-refractivity contribution >= 4 is 44.2 Å². The molecule has 0 unspecified atom stereocenters. The van der Waals surface area contributed by atoms with E-state index in [2.05, 4.69) is 26.9 Å². The number of para-hydroxylation sites is 2. The van der Waals surface area contributed by atoms with Gasteiger partial charge in [-0.25, -0.2) is 9.97 Å². The van der Waals surface area contributed by atoms with Gasteiger partial charge in [0.15, 0.2) is 11.4 Å². The number of aromatic nitrogens is 4. The zero-order chi connectivity index (χ0) is 23.2. The number of hydrogen-bond donors (Lipinski definition) is 1. The van der Waals surface area contributed by atoms with Gasteiger partial charge in [-0.1, -0.05) is 28.9 Å². The van der Waals surface area contributed by atoms with E-state index in [1.54, 1.807) is 11.3 Å². The van der Waals surface area contributed by atoms with E-state index in [1.807, 2.05) is 59.8 Å². The van der Waals surface area contributed by atoms with Crippen LogP contribution in [-0.4, -0.2) is 56.6 Å². The minimum absolute atomic E-state index is 0.0618. The number of anilines is 1. The van der Waals surface area contributed by atoms with Gasteiger partial charge in [0.25, 0.3) is 0 Å². The molecule has 0 radical (unpaired) electrons. The number of H-pyrrole nitrogens is 1. The molecule has 9 heteroatoms. The van der Waals surface area contributed by atoms with Crippen molar-refractivity contribution < 1.29 is 9.32 Å². The Balaban J connectivity index is 1.18. The van der Waals surface area contributed by atoms with E-state index in [1.165, 1.54) is 0 Å². The van der Waals surface area contributed by atoms with Crippen molar-refractivity contribution in [3.8, 4) is 11.5 Å². The molecule has 1 saturated heterocycles. The highest BCUT2D eigenvalue weighted by Gasteiger charge is 2.30. The standard InChI is InChI=1S/C25H24N6O2S/c1-15-7-8-21-17(11-15)20(29-33-21)12-22(32)31-10-9-30(13-16(31)2)25-23(26-14-34-25)24-27-18-5-3-4-6-19(18)28-24/h3-8,11,14,16H,9-10,12-13H2,1-2H3,(H,27,28)/t16-/m1/s1. The Bertz CT molecular complexity index is 1470. The number of amides is 1. The van der Waals surface area contributed by atoms with Crippen LogP contribution in [0.5, 0.6) is 0 Å². The number of aryl methyl sites for hydroxylation is 1. The van der Waals surface area contributed by atoms with Gasteiger partial charge in [0.05, 0.1) is 23.0 Å². The maximum absolute atomic E-state index is 13.2. The summed E-state index contributed by atoms with van der Waals surface area (Å²) in [4.78, 5) is 30.2. The van der Waals surface area contributed by atoms with Crippen LogP contribution >= 0.6 is 11.3 Å². The second-order valence-corrected chi connectivity index (χ2v) is 9.63. The predicted molar refractivity (Wildman–Crippen MR) is 133 cm³/mol. The monoisotopic (exact) mass is 472 g/mol. The molecule has 8 nitrogen and oxygen atoms in total. The molecule has 0 saturated carbocycles. The third-order valence-corrected chi connectivity index (χ3v) is 7.30. The number of nitrogens with zero attached hydrogens (tertiary/aromatic N) is 5. The molecule has 5 aromatic rings. The number of benzene rings is 2. The molecule has 1 atom stereocenters. The number of rotatable bonds is 4. The molecule has 172 valence electrons. The largest absolute Gasteiger partial charge is 0.358 e. The number of imidazole rings is 1. The van der Waals surface area contributed by atoms with Gasteiger partial charge in [-0.05, 0) is 38.1 Å². The first kappa shape index (κ1) is 20.9. The molecule has 1 fully saturated rings. The lowest BCUT2D eigenvalue weighted by Gasteiger charge is -2.40. The van der Waals surface area contributed by atoms with Crippen molar-refractivity contribution in [1.29, 1.82) is 0 Å². The van der Waals surface area contributed by atoms with Crippen LogP contribution in [0.15, 0.2) is 52.5 Å². The number of aromatic amines is 1. The third-order valence-electron chi connectivity index (χ3n) is 6.42. The number of nitrogens with one attached hydrogen (secondary N) is 1. The summed E-state index contributed by atoms with van der Waals surface area (Å²) in [6.07, 6.45) is 0.242. The van der Waals surface area contributed by atoms with Crippen LogP contribution in [-0.2, 0) is 11.2 Å². The van der Waals surface area contributed by atoms with Crippen LogP contribution in [0.3, 0.4) is 0 Å². The SMILES string of the molecule is Cc1ccc2onc(CC(=O)N3CCN(c4scnc4-c4nc5ccccc5[nH]4)C[C@H]3C)c2c1. The van der Waals surface area contributed by atoms with E-state index in [-0.39, 0.29) is 18.4 Å². The van der Waals surface area contributed by atoms with E-state index >= 15 is 0 Å². The highest BCUT2D eigenvalue weighted by Crippen LogP contribution is 2.34. The molecule has 0 spiro atoms. The van der Waals surface area contributed by atoms with Crippen LogP contribution in [0.4, 0.5) is 5.00 Å². The van der Waals surface area contributed by atoms with E-state index in [0.29, 0.717) is 12.2 Å². The smallest absolute Gasteiger partial charge is 0.229 e. The summed E-state index contributed by atoms with van der Waals surface area (Å²) in [6.45, 7) is 6.24. The van der Waals surface area contributed by atoms with Crippen molar-refractivity contribution in [2.24, 2.45) is 0 Å². The fraction of sp³-hybridized carbons (Fsp3) is 0.280. The fourth-order valence-electron chi connectivity index (χ4n) is 4.68. The highest BCUT2D eigenvalue weighted by atomic mass is 32.1. The third kappa shape index (κ3) is 3.62. The van der Waals surface area contributed by atoms with E-state index in [4.69, 9.17) is 9.51 Å². The quantitative estimate of drug-likeness (QED) is 0.417. The number of carbonyl (C=O) groups is 1. The molecular formula is C25H24N6O2S. The van der Waals surface area contributed by atoms with Gasteiger partial charge in [0.1, 0.15) is 16.4 Å². The topological polar surface area (TPSA) is 91.2 Å². The fourth-order valence-corrected chi connectivity index (χ4v) is 5.51. The van der Waals surface area contributed by atoms with Crippen molar-refractivity contribution in [1.82, 2.24) is 25.0 Å². The van der Waals surface area contributed by atoms with Gasteiger partial charge in [-0.15, -0.1) is 11.3 Å². The van der Waals surface area contributed by atoms with Crippen LogP contribution in [0.1, 0.15) is 18.2 Å². The van der Waals surface area contributed by atoms with E-state index in [9.17, 15) is 4.79 Å². The Morgan fingerprint density at radius 2 is 2.12 bits per heavy atom. The zero-order valence-corrected chi connectivity index (χ0v) is 19.8. The number of piperazine rings is 1. The molecule has 0 bridgehead atoms. The van der Waals surface area contributed by atoms with Gasteiger partial charge in [0.2, 0.25) is 5.91 Å². The Morgan fingerprint density at radius 1 is 1.24 bits per heavy atom. The molecular weight excluding hydrogens is 448 g/mol. The van der Waals surface area contributed by atoms with Gasteiger partial charge >= 0.3 is 0 Å². The summed E-state index contributed by atoms with van der Waals surface area (Å²) >= 11 is 1.61. The second kappa shape index (κ2) is 8.25. The van der Waals surface area contributed by atoms with Crippen LogP contribution in [0.2, 0.25) is 0 Å². The average Bonchev–Trinajstić information content (AvgIpc) is 3.57. The van der Waals surface area contributed by atoms with E-state index < -0.39 is 0 Å². The maximum atomic E-state index is 13.2. The number of fused-ring (bicyclic) bond motifs is 2. The summed E-state index contributed by atoms with van der Waals surface area (Å²) in [6, 6.07) is 14.0. The van der Waals surface area contributed by atoms with Crippen LogP contribution < -0.4 is 4.90 Å². The first-order valence-electron chi connectivity index (χ1n) is 11.3. The van der Waals surface area contributed by atoms with Crippen LogP contribution in [0, 0.1) is 6.92 Å². The summed E-state index contributed by atoms with van der Waals surface area (Å²) < 4.78 is 5.42. The summed E-state index contributed by atoms with van der Waals surface area (Å²) in [5, 5.41) is 6.16. The van der Waals surface area contributed by atoms with Crippen LogP contribution in [0.25, 0.3) is 33.5 Å². The Labute approximate surface area is 200 Å².